The molecule has 0 saturated heterocycles. The van der Waals surface area contributed by atoms with Gasteiger partial charge < -0.3 is 15.2 Å². The molecule has 1 aliphatic heterocycles. The van der Waals surface area contributed by atoms with Crippen molar-refractivity contribution in [2.24, 2.45) is 16.9 Å². The van der Waals surface area contributed by atoms with Crippen LogP contribution in [0.3, 0.4) is 0 Å². The number of carbonyl (C=O) groups excluding carboxylic acids is 2. The molecule has 41 heavy (non-hydrogen) atoms. The largest absolute Gasteiger partial charge is 0.481 e. The summed E-state index contributed by atoms with van der Waals surface area (Å²) < 4.78 is 5.56. The smallest absolute Gasteiger partial charge is 0.307 e. The Labute approximate surface area is 239 Å². The lowest BCUT2D eigenvalue weighted by Crippen LogP contribution is -2.36. The number of ether oxygens (including phenoxy) is 1. The van der Waals surface area contributed by atoms with Crippen LogP contribution in [-0.4, -0.2) is 40.4 Å². The summed E-state index contributed by atoms with van der Waals surface area (Å²) in [7, 11) is 0. The van der Waals surface area contributed by atoms with Crippen LogP contribution in [0.15, 0.2) is 77.9 Å². The second kappa shape index (κ2) is 11.6. The summed E-state index contributed by atoms with van der Waals surface area (Å²) in [5.74, 6) is -1.18. The minimum atomic E-state index is -0.803. The molecule has 1 fully saturated rings. The van der Waals surface area contributed by atoms with Crippen molar-refractivity contribution in [2.75, 3.05) is 11.9 Å². The summed E-state index contributed by atoms with van der Waals surface area (Å²) in [6, 6.07) is 23.1. The molecule has 3 aromatic rings. The third-order valence-electron chi connectivity index (χ3n) is 8.47. The second-order valence-corrected chi connectivity index (χ2v) is 11.2. The van der Waals surface area contributed by atoms with Gasteiger partial charge in [0, 0.05) is 11.3 Å². The molecular weight excluding hydrogens is 518 g/mol. The Hall–Kier alpha value is -4.46. The third-order valence-corrected chi connectivity index (χ3v) is 8.47. The zero-order chi connectivity index (χ0) is 28.3. The van der Waals surface area contributed by atoms with E-state index in [2.05, 4.69) is 10.4 Å². The highest BCUT2D eigenvalue weighted by Crippen LogP contribution is 2.39. The number of aliphatic carboxylic acids is 1. The highest BCUT2D eigenvalue weighted by atomic mass is 16.5. The van der Waals surface area contributed by atoms with Crippen LogP contribution >= 0.6 is 0 Å². The number of rotatable bonds is 8. The van der Waals surface area contributed by atoms with Crippen LogP contribution in [0.4, 0.5) is 5.69 Å². The Morgan fingerprint density at radius 2 is 1.73 bits per heavy atom. The normalized spacial score (nSPS) is 19.3. The molecule has 3 aromatic carbocycles. The van der Waals surface area contributed by atoms with E-state index < -0.39 is 11.9 Å². The monoisotopic (exact) mass is 551 g/mol. The number of anilines is 1. The fourth-order valence-electron chi connectivity index (χ4n) is 6.33. The maximum atomic E-state index is 13.8. The standard InChI is InChI=1S/C33H33N3O5/c37-29-20-41-32(24-9-2-1-3-10-24)35-36(29)19-21-13-15-23(16-14-21)30(22-7-4-5-8-22)31(38)34-28-12-6-11-25-17-26(33(39)40)18-27(25)28/h1-3,6,9-16,22,26,30H,4-5,7-8,17-20H2,(H,34,38)(H,39,40). The van der Waals surface area contributed by atoms with Crippen LogP contribution in [-0.2, 0) is 38.5 Å². The van der Waals surface area contributed by atoms with E-state index in [1.807, 2.05) is 72.8 Å². The van der Waals surface area contributed by atoms with Crippen molar-refractivity contribution in [1.29, 1.82) is 0 Å². The maximum absolute atomic E-state index is 13.8. The lowest BCUT2D eigenvalue weighted by molar-refractivity contribution is -0.141. The van der Waals surface area contributed by atoms with Crippen LogP contribution in [0.25, 0.3) is 0 Å². The van der Waals surface area contributed by atoms with Gasteiger partial charge in [-0.25, -0.2) is 5.01 Å². The first-order valence-electron chi connectivity index (χ1n) is 14.3. The predicted molar refractivity (Wildman–Crippen MR) is 154 cm³/mol. The molecule has 2 amide bonds. The van der Waals surface area contributed by atoms with E-state index in [1.165, 1.54) is 5.01 Å². The van der Waals surface area contributed by atoms with E-state index in [0.717, 1.165) is 53.5 Å². The van der Waals surface area contributed by atoms with Gasteiger partial charge in [-0.2, -0.15) is 0 Å². The first-order chi connectivity index (χ1) is 20.0. The first-order valence-corrected chi connectivity index (χ1v) is 14.3. The number of carboxylic acids is 1. The zero-order valence-corrected chi connectivity index (χ0v) is 22.8. The van der Waals surface area contributed by atoms with E-state index in [1.54, 1.807) is 0 Å². The summed E-state index contributed by atoms with van der Waals surface area (Å²) in [4.78, 5) is 38.0. The number of hydrogen-bond acceptors (Lipinski definition) is 5. The summed E-state index contributed by atoms with van der Waals surface area (Å²) in [6.07, 6.45) is 5.12. The molecule has 2 atom stereocenters. The van der Waals surface area contributed by atoms with Gasteiger partial charge in [-0.15, -0.1) is 5.10 Å². The van der Waals surface area contributed by atoms with Crippen molar-refractivity contribution in [1.82, 2.24) is 5.01 Å². The lowest BCUT2D eigenvalue weighted by Gasteiger charge is -2.25. The number of carboxylic acid groups (broad SMARTS) is 1. The number of benzene rings is 3. The molecule has 210 valence electrons. The van der Waals surface area contributed by atoms with Crippen molar-refractivity contribution >= 4 is 29.4 Å². The Balaban J connectivity index is 1.20. The predicted octanol–water partition coefficient (Wildman–Crippen LogP) is 5.12. The highest BCUT2D eigenvalue weighted by Gasteiger charge is 2.34. The number of amides is 2. The van der Waals surface area contributed by atoms with Gasteiger partial charge in [-0.05, 0) is 72.1 Å². The number of hydrogen-bond donors (Lipinski definition) is 2. The fraction of sp³-hybridized carbons (Fsp3) is 0.333. The molecule has 0 aromatic heterocycles. The first kappa shape index (κ1) is 26.7. The van der Waals surface area contributed by atoms with Crippen molar-refractivity contribution in [3.05, 3.63) is 101 Å². The average molecular weight is 552 g/mol. The van der Waals surface area contributed by atoms with Crippen LogP contribution < -0.4 is 5.32 Å². The van der Waals surface area contributed by atoms with Crippen LogP contribution in [0.1, 0.15) is 59.4 Å². The average Bonchev–Trinajstić information content (AvgIpc) is 3.67. The summed E-state index contributed by atoms with van der Waals surface area (Å²) in [5.41, 5.74) is 5.30. The Morgan fingerprint density at radius 3 is 2.46 bits per heavy atom. The summed E-state index contributed by atoms with van der Waals surface area (Å²) in [5, 5.41) is 18.6. The van der Waals surface area contributed by atoms with Gasteiger partial charge in [-0.1, -0.05) is 67.4 Å². The Bertz CT molecular complexity index is 1480. The zero-order valence-electron chi connectivity index (χ0n) is 22.8. The topological polar surface area (TPSA) is 108 Å². The van der Waals surface area contributed by atoms with Crippen LogP contribution in [0.2, 0.25) is 0 Å². The molecular formula is C33H33N3O5. The molecule has 8 nitrogen and oxygen atoms in total. The van der Waals surface area contributed by atoms with Crippen molar-refractivity contribution in [2.45, 2.75) is 51.0 Å². The molecule has 8 heteroatoms. The van der Waals surface area contributed by atoms with Crippen molar-refractivity contribution in [3.63, 3.8) is 0 Å². The van der Waals surface area contributed by atoms with Crippen molar-refractivity contribution in [3.8, 4) is 0 Å². The lowest BCUT2D eigenvalue weighted by atomic mass is 9.83. The molecule has 6 rings (SSSR count). The summed E-state index contributed by atoms with van der Waals surface area (Å²) in [6.45, 7) is 0.242. The Kier molecular flexibility index (Phi) is 7.55. The van der Waals surface area contributed by atoms with E-state index >= 15 is 0 Å². The summed E-state index contributed by atoms with van der Waals surface area (Å²) >= 11 is 0. The van der Waals surface area contributed by atoms with E-state index in [4.69, 9.17) is 4.74 Å². The molecule has 0 bridgehead atoms. The molecule has 0 radical (unpaired) electrons. The van der Waals surface area contributed by atoms with Gasteiger partial charge in [-0.3, -0.25) is 14.4 Å². The van der Waals surface area contributed by atoms with E-state index in [9.17, 15) is 19.5 Å². The second-order valence-electron chi connectivity index (χ2n) is 11.2. The van der Waals surface area contributed by atoms with E-state index in [0.29, 0.717) is 31.0 Å². The Morgan fingerprint density at radius 1 is 0.976 bits per heavy atom. The van der Waals surface area contributed by atoms with Crippen LogP contribution in [0, 0.1) is 11.8 Å². The molecule has 0 spiro atoms. The number of hydrazone groups is 1. The maximum Gasteiger partial charge on any atom is 0.307 e. The minimum absolute atomic E-state index is 0.0581. The van der Waals surface area contributed by atoms with E-state index in [-0.39, 0.29) is 30.3 Å². The van der Waals surface area contributed by atoms with Crippen molar-refractivity contribution < 1.29 is 24.2 Å². The van der Waals surface area contributed by atoms with Gasteiger partial charge in [0.1, 0.15) is 0 Å². The van der Waals surface area contributed by atoms with Gasteiger partial charge in [0.05, 0.1) is 18.4 Å². The van der Waals surface area contributed by atoms with Gasteiger partial charge >= 0.3 is 5.97 Å². The third kappa shape index (κ3) is 5.73. The molecule has 1 saturated carbocycles. The molecule has 2 aliphatic carbocycles. The minimum Gasteiger partial charge on any atom is -0.481 e. The molecule has 2 unspecified atom stereocenters. The quantitative estimate of drug-likeness (QED) is 0.404. The molecule has 3 aliphatic rings. The SMILES string of the molecule is O=C(O)C1Cc2cccc(NC(=O)C(c3ccc(CN4N=C(c5ccccc5)OCC4=O)cc3)C3CCCC3)c2C1. The van der Waals surface area contributed by atoms with Crippen LogP contribution in [0.5, 0.6) is 0 Å². The van der Waals surface area contributed by atoms with Gasteiger partial charge in [0.2, 0.25) is 11.8 Å². The number of carbonyl (C=O) groups is 3. The molecule has 2 N–H and O–H groups in total. The number of fused-ring (bicyclic) bond motifs is 1. The highest BCUT2D eigenvalue weighted by molar-refractivity contribution is 5.98. The number of nitrogens with one attached hydrogen (secondary N) is 1. The van der Waals surface area contributed by atoms with Gasteiger partial charge in [0.25, 0.3) is 5.91 Å². The fourth-order valence-corrected chi connectivity index (χ4v) is 6.33. The number of nitrogens with zero attached hydrogens (tertiary/aromatic N) is 2. The van der Waals surface area contributed by atoms with Gasteiger partial charge in [0.15, 0.2) is 6.61 Å². The molecule has 1 heterocycles.